The average molecular weight is 281 g/mol. The zero-order valence-corrected chi connectivity index (χ0v) is 10.6. The molecule has 0 aliphatic heterocycles. The fourth-order valence-electron chi connectivity index (χ4n) is 1.70. The van der Waals surface area contributed by atoms with Gasteiger partial charge in [0.15, 0.2) is 0 Å². The quantitative estimate of drug-likeness (QED) is 0.938. The minimum Gasteiger partial charge on any atom is -0.396 e. The molecule has 16 heavy (non-hydrogen) atoms. The molecule has 0 radical (unpaired) electrons. The van der Waals surface area contributed by atoms with E-state index in [1.807, 2.05) is 36.0 Å². The highest BCUT2D eigenvalue weighted by Crippen LogP contribution is 2.23. The Balaban J connectivity index is 2.41. The predicted molar refractivity (Wildman–Crippen MR) is 67.1 cm³/mol. The van der Waals surface area contributed by atoms with Gasteiger partial charge in [-0.25, -0.2) is 4.98 Å². The summed E-state index contributed by atoms with van der Waals surface area (Å²) in [7, 11) is 1.97. The zero-order chi connectivity index (χ0) is 11.5. The Kier molecular flexibility index (Phi) is 3.41. The van der Waals surface area contributed by atoms with Crippen molar-refractivity contribution in [2.45, 2.75) is 6.42 Å². The van der Waals surface area contributed by atoms with Crippen molar-refractivity contribution in [3.63, 3.8) is 0 Å². The summed E-state index contributed by atoms with van der Waals surface area (Å²) < 4.78 is 3.06. The molecule has 3 nitrogen and oxygen atoms in total. The minimum atomic E-state index is 0.128. The zero-order valence-electron chi connectivity index (χ0n) is 9.02. The Morgan fingerprint density at radius 3 is 2.94 bits per heavy atom. The van der Waals surface area contributed by atoms with Crippen LogP contribution in [-0.4, -0.2) is 21.3 Å². The molecule has 0 amide bonds. The van der Waals surface area contributed by atoms with Crippen LogP contribution in [0.2, 0.25) is 0 Å². The Morgan fingerprint density at radius 2 is 2.25 bits per heavy atom. The van der Waals surface area contributed by atoms with Crippen LogP contribution in [0.4, 0.5) is 0 Å². The van der Waals surface area contributed by atoms with Crippen LogP contribution < -0.4 is 0 Å². The average Bonchev–Trinajstić information content (AvgIpc) is 2.61. The largest absolute Gasteiger partial charge is 0.396 e. The Hall–Kier alpha value is -1.13. The van der Waals surface area contributed by atoms with Crippen LogP contribution in [0.5, 0.6) is 0 Å². The van der Waals surface area contributed by atoms with E-state index < -0.39 is 0 Å². The van der Waals surface area contributed by atoms with Crippen LogP contribution in [0.1, 0.15) is 5.82 Å². The third-order valence-corrected chi connectivity index (χ3v) is 3.03. The highest BCUT2D eigenvalue weighted by molar-refractivity contribution is 9.10. The summed E-state index contributed by atoms with van der Waals surface area (Å²) in [6.07, 6.45) is 2.43. The maximum Gasteiger partial charge on any atom is 0.111 e. The number of hydrogen-bond donors (Lipinski definition) is 1. The molecule has 0 fully saturated rings. The summed E-state index contributed by atoms with van der Waals surface area (Å²) in [5.41, 5.74) is 2.18. The summed E-state index contributed by atoms with van der Waals surface area (Å²) in [6.45, 7) is 0.128. The first-order chi connectivity index (χ1) is 7.72. The van der Waals surface area contributed by atoms with Gasteiger partial charge in [0.1, 0.15) is 5.82 Å². The van der Waals surface area contributed by atoms with Crippen molar-refractivity contribution in [2.24, 2.45) is 7.05 Å². The molecule has 0 spiro atoms. The number of aliphatic hydroxyl groups is 1. The predicted octanol–water partition coefficient (Wildman–Crippen LogP) is 2.38. The molecule has 0 bridgehead atoms. The first-order valence-electron chi connectivity index (χ1n) is 5.10. The Bertz CT molecular complexity index is 494. The standard InChI is InChI=1S/C12H13BrN2O/c1-15-11(8-14-12(15)5-6-16)9-3-2-4-10(13)7-9/h2-4,7-8,16H,5-6H2,1H3. The van der Waals surface area contributed by atoms with Crippen LogP contribution in [0.25, 0.3) is 11.3 Å². The summed E-state index contributed by atoms with van der Waals surface area (Å²) in [5.74, 6) is 0.900. The summed E-state index contributed by atoms with van der Waals surface area (Å²) in [6, 6.07) is 8.09. The van der Waals surface area contributed by atoms with Crippen molar-refractivity contribution >= 4 is 15.9 Å². The van der Waals surface area contributed by atoms with Gasteiger partial charge in [0.25, 0.3) is 0 Å². The summed E-state index contributed by atoms with van der Waals surface area (Å²) >= 11 is 3.45. The molecule has 0 aliphatic rings. The molecule has 2 aromatic rings. The number of imidazole rings is 1. The fourth-order valence-corrected chi connectivity index (χ4v) is 2.10. The van der Waals surface area contributed by atoms with Gasteiger partial charge in [-0.2, -0.15) is 0 Å². The van der Waals surface area contributed by atoms with Crippen molar-refractivity contribution in [1.82, 2.24) is 9.55 Å². The van der Waals surface area contributed by atoms with Gasteiger partial charge in [-0.05, 0) is 12.1 Å². The number of halogens is 1. The molecule has 0 atom stereocenters. The smallest absolute Gasteiger partial charge is 0.111 e. The summed E-state index contributed by atoms with van der Waals surface area (Å²) in [4.78, 5) is 4.30. The van der Waals surface area contributed by atoms with Crippen LogP contribution in [0, 0.1) is 0 Å². The molecule has 1 aromatic heterocycles. The number of hydrogen-bond acceptors (Lipinski definition) is 2. The monoisotopic (exact) mass is 280 g/mol. The van der Waals surface area contributed by atoms with Gasteiger partial charge in [0, 0.05) is 23.5 Å². The lowest BCUT2D eigenvalue weighted by atomic mass is 10.2. The molecule has 0 aliphatic carbocycles. The molecule has 1 aromatic carbocycles. The lowest BCUT2D eigenvalue weighted by Crippen LogP contribution is -2.02. The molecule has 2 rings (SSSR count). The van der Waals surface area contributed by atoms with Crippen LogP contribution in [0.3, 0.4) is 0 Å². The number of aromatic nitrogens is 2. The van der Waals surface area contributed by atoms with Crippen LogP contribution >= 0.6 is 15.9 Å². The van der Waals surface area contributed by atoms with Crippen molar-refractivity contribution in [3.8, 4) is 11.3 Å². The van der Waals surface area contributed by atoms with E-state index in [1.165, 1.54) is 0 Å². The van der Waals surface area contributed by atoms with Gasteiger partial charge >= 0.3 is 0 Å². The maximum absolute atomic E-state index is 8.91. The third-order valence-electron chi connectivity index (χ3n) is 2.54. The van der Waals surface area contributed by atoms with Gasteiger partial charge in [-0.15, -0.1) is 0 Å². The van der Waals surface area contributed by atoms with E-state index in [4.69, 9.17) is 5.11 Å². The lowest BCUT2D eigenvalue weighted by Gasteiger charge is -2.05. The summed E-state index contributed by atoms with van der Waals surface area (Å²) in [5, 5.41) is 8.91. The number of nitrogens with zero attached hydrogens (tertiary/aromatic N) is 2. The highest BCUT2D eigenvalue weighted by atomic mass is 79.9. The number of aliphatic hydroxyl groups excluding tert-OH is 1. The van der Waals surface area contributed by atoms with Crippen LogP contribution in [0.15, 0.2) is 34.9 Å². The second-order valence-electron chi connectivity index (χ2n) is 3.60. The van der Waals surface area contributed by atoms with Gasteiger partial charge in [-0.1, -0.05) is 28.1 Å². The first-order valence-corrected chi connectivity index (χ1v) is 5.89. The van der Waals surface area contributed by atoms with E-state index in [0.717, 1.165) is 21.6 Å². The van der Waals surface area contributed by atoms with Crippen molar-refractivity contribution in [1.29, 1.82) is 0 Å². The lowest BCUT2D eigenvalue weighted by molar-refractivity contribution is 0.295. The van der Waals surface area contributed by atoms with E-state index in [2.05, 4.69) is 27.0 Å². The molecular formula is C12H13BrN2O. The van der Waals surface area contributed by atoms with Gasteiger partial charge < -0.3 is 9.67 Å². The van der Waals surface area contributed by atoms with E-state index >= 15 is 0 Å². The maximum atomic E-state index is 8.91. The third kappa shape index (κ3) is 2.18. The van der Waals surface area contributed by atoms with Gasteiger partial charge in [0.2, 0.25) is 0 Å². The van der Waals surface area contributed by atoms with Crippen LogP contribution in [-0.2, 0) is 13.5 Å². The van der Waals surface area contributed by atoms with Gasteiger partial charge in [-0.3, -0.25) is 0 Å². The van der Waals surface area contributed by atoms with E-state index in [9.17, 15) is 0 Å². The normalized spacial score (nSPS) is 10.7. The van der Waals surface area contributed by atoms with Gasteiger partial charge in [0.05, 0.1) is 18.5 Å². The molecule has 1 N–H and O–H groups in total. The Morgan fingerprint density at radius 1 is 1.44 bits per heavy atom. The molecule has 0 unspecified atom stereocenters. The SMILES string of the molecule is Cn1c(-c2cccc(Br)c2)cnc1CCO. The molecular weight excluding hydrogens is 268 g/mol. The van der Waals surface area contributed by atoms with E-state index in [0.29, 0.717) is 6.42 Å². The molecule has 0 saturated heterocycles. The first kappa shape index (κ1) is 11.4. The Labute approximate surface area is 103 Å². The second kappa shape index (κ2) is 4.80. The van der Waals surface area contributed by atoms with Crippen molar-refractivity contribution in [2.75, 3.05) is 6.61 Å². The fraction of sp³-hybridized carbons (Fsp3) is 0.250. The molecule has 84 valence electrons. The topological polar surface area (TPSA) is 38.0 Å². The number of benzene rings is 1. The van der Waals surface area contributed by atoms with Crippen molar-refractivity contribution < 1.29 is 5.11 Å². The minimum absolute atomic E-state index is 0.128. The molecule has 4 heteroatoms. The van der Waals surface area contributed by atoms with E-state index in [-0.39, 0.29) is 6.61 Å². The molecule has 1 heterocycles. The van der Waals surface area contributed by atoms with Crippen molar-refractivity contribution in [3.05, 3.63) is 40.8 Å². The van der Waals surface area contributed by atoms with E-state index in [1.54, 1.807) is 0 Å². The number of rotatable bonds is 3. The highest BCUT2D eigenvalue weighted by Gasteiger charge is 2.07. The second-order valence-corrected chi connectivity index (χ2v) is 4.52. The molecule has 0 saturated carbocycles.